The first-order chi connectivity index (χ1) is 11.2. The van der Waals surface area contributed by atoms with Crippen LogP contribution in [0.3, 0.4) is 0 Å². The molecule has 0 fully saturated rings. The highest BCUT2D eigenvalue weighted by Gasteiger charge is 2.14. The molecule has 4 rings (SSSR count). The standard InChI is InChI=1S/C17H14ClN5/c1-23-15-10-14(18)12(11-5-3-2-4-6-11)9-13(15)16(22-23)21-17-19-7-8-20-17/h2-10H,1H3,(H2,19,20,21,22). The third kappa shape index (κ3) is 2.45. The second-order valence-electron chi connectivity index (χ2n) is 5.25. The Labute approximate surface area is 137 Å². The number of aryl methyl sites for hydroxylation is 1. The van der Waals surface area contributed by atoms with Gasteiger partial charge in [0.25, 0.3) is 0 Å². The van der Waals surface area contributed by atoms with Crippen molar-refractivity contribution >= 4 is 34.3 Å². The minimum absolute atomic E-state index is 0.654. The highest BCUT2D eigenvalue weighted by Crippen LogP contribution is 2.35. The van der Waals surface area contributed by atoms with Gasteiger partial charge >= 0.3 is 0 Å². The Morgan fingerprint density at radius 3 is 2.74 bits per heavy atom. The molecule has 2 aromatic carbocycles. The molecule has 0 radical (unpaired) electrons. The van der Waals surface area contributed by atoms with Crippen LogP contribution >= 0.6 is 11.6 Å². The summed E-state index contributed by atoms with van der Waals surface area (Å²) in [4.78, 5) is 7.20. The molecular weight excluding hydrogens is 310 g/mol. The summed E-state index contributed by atoms with van der Waals surface area (Å²) in [6.45, 7) is 0. The topological polar surface area (TPSA) is 58.5 Å². The second kappa shape index (κ2) is 5.44. The van der Waals surface area contributed by atoms with Crippen LogP contribution in [-0.4, -0.2) is 19.7 Å². The zero-order valence-corrected chi connectivity index (χ0v) is 13.2. The van der Waals surface area contributed by atoms with Gasteiger partial charge in [-0.25, -0.2) is 4.98 Å². The molecule has 0 saturated heterocycles. The number of aromatic nitrogens is 4. The quantitative estimate of drug-likeness (QED) is 0.589. The zero-order chi connectivity index (χ0) is 15.8. The highest BCUT2D eigenvalue weighted by atomic mass is 35.5. The first kappa shape index (κ1) is 13.8. The number of anilines is 2. The number of hydrogen-bond acceptors (Lipinski definition) is 3. The van der Waals surface area contributed by atoms with Gasteiger partial charge in [0.05, 0.1) is 10.5 Å². The summed E-state index contributed by atoms with van der Waals surface area (Å²) in [5.41, 5.74) is 3.02. The SMILES string of the molecule is Cn1nc(Nc2ncc[nH]2)c2cc(-c3ccccc3)c(Cl)cc21. The summed E-state index contributed by atoms with van der Waals surface area (Å²) in [6.07, 6.45) is 3.46. The van der Waals surface area contributed by atoms with Crippen molar-refractivity contribution in [3.63, 3.8) is 0 Å². The fraction of sp³-hybridized carbons (Fsp3) is 0.0588. The lowest BCUT2D eigenvalue weighted by molar-refractivity contribution is 0.800. The number of rotatable bonds is 3. The molecule has 114 valence electrons. The van der Waals surface area contributed by atoms with Gasteiger partial charge in [-0.15, -0.1) is 0 Å². The highest BCUT2D eigenvalue weighted by molar-refractivity contribution is 6.34. The van der Waals surface area contributed by atoms with Crippen LogP contribution in [0.1, 0.15) is 0 Å². The number of aromatic amines is 1. The number of nitrogens with zero attached hydrogens (tertiary/aromatic N) is 3. The molecular formula is C17H14ClN5. The molecule has 0 unspecified atom stereocenters. The van der Waals surface area contributed by atoms with Crippen LogP contribution in [0.15, 0.2) is 54.9 Å². The number of hydrogen-bond donors (Lipinski definition) is 2. The van der Waals surface area contributed by atoms with Crippen molar-refractivity contribution in [1.29, 1.82) is 0 Å². The van der Waals surface area contributed by atoms with Crippen LogP contribution in [-0.2, 0) is 7.05 Å². The molecule has 0 amide bonds. The number of halogens is 1. The number of imidazole rings is 1. The average Bonchev–Trinajstić information content (AvgIpc) is 3.17. The molecule has 0 atom stereocenters. The Balaban J connectivity index is 1.89. The van der Waals surface area contributed by atoms with E-state index in [0.717, 1.165) is 27.8 Å². The number of fused-ring (bicyclic) bond motifs is 1. The smallest absolute Gasteiger partial charge is 0.205 e. The minimum atomic E-state index is 0.654. The maximum absolute atomic E-state index is 6.48. The number of H-pyrrole nitrogens is 1. The van der Waals surface area contributed by atoms with E-state index in [1.807, 2.05) is 43.4 Å². The van der Waals surface area contributed by atoms with Crippen LogP contribution in [0.4, 0.5) is 11.8 Å². The lowest BCUT2D eigenvalue weighted by Crippen LogP contribution is -1.95. The van der Waals surface area contributed by atoms with Crippen LogP contribution in [0.5, 0.6) is 0 Å². The molecule has 2 aromatic heterocycles. The van der Waals surface area contributed by atoms with E-state index < -0.39 is 0 Å². The molecule has 2 heterocycles. The van der Waals surface area contributed by atoms with E-state index in [-0.39, 0.29) is 0 Å². The Hall–Kier alpha value is -2.79. The minimum Gasteiger partial charge on any atom is -0.331 e. The van der Waals surface area contributed by atoms with Crippen LogP contribution < -0.4 is 5.32 Å². The largest absolute Gasteiger partial charge is 0.331 e. The molecule has 2 N–H and O–H groups in total. The lowest BCUT2D eigenvalue weighted by atomic mass is 10.0. The van der Waals surface area contributed by atoms with Gasteiger partial charge in [0, 0.05) is 30.4 Å². The molecule has 5 nitrogen and oxygen atoms in total. The second-order valence-corrected chi connectivity index (χ2v) is 5.66. The average molecular weight is 324 g/mol. The van der Waals surface area contributed by atoms with Gasteiger partial charge in [0.15, 0.2) is 5.82 Å². The maximum atomic E-state index is 6.48. The van der Waals surface area contributed by atoms with E-state index in [1.165, 1.54) is 0 Å². The van der Waals surface area contributed by atoms with Crippen molar-refractivity contribution in [2.75, 3.05) is 5.32 Å². The first-order valence-corrected chi connectivity index (χ1v) is 7.58. The number of nitrogens with one attached hydrogen (secondary N) is 2. The van der Waals surface area contributed by atoms with Crippen molar-refractivity contribution in [1.82, 2.24) is 19.7 Å². The fourth-order valence-electron chi connectivity index (χ4n) is 2.65. The van der Waals surface area contributed by atoms with Gasteiger partial charge in [-0.05, 0) is 17.7 Å². The summed E-state index contributed by atoms with van der Waals surface area (Å²) in [6, 6.07) is 14.1. The Bertz CT molecular complexity index is 958. The van der Waals surface area contributed by atoms with E-state index in [4.69, 9.17) is 11.6 Å². The van der Waals surface area contributed by atoms with E-state index >= 15 is 0 Å². The predicted octanol–water partition coefficient (Wildman–Crippen LogP) is 4.36. The molecule has 4 aromatic rings. The van der Waals surface area contributed by atoms with Crippen molar-refractivity contribution in [2.24, 2.45) is 7.05 Å². The van der Waals surface area contributed by atoms with Gasteiger partial charge in [-0.2, -0.15) is 5.10 Å². The lowest BCUT2D eigenvalue weighted by Gasteiger charge is -2.06. The zero-order valence-electron chi connectivity index (χ0n) is 12.4. The molecule has 0 aliphatic heterocycles. The molecule has 23 heavy (non-hydrogen) atoms. The van der Waals surface area contributed by atoms with Gasteiger partial charge in [-0.3, -0.25) is 4.68 Å². The first-order valence-electron chi connectivity index (χ1n) is 7.20. The number of benzene rings is 2. The molecule has 0 aliphatic carbocycles. The fourth-order valence-corrected chi connectivity index (χ4v) is 2.92. The Morgan fingerprint density at radius 2 is 2.00 bits per heavy atom. The summed E-state index contributed by atoms with van der Waals surface area (Å²) in [5, 5.41) is 9.43. The van der Waals surface area contributed by atoms with Gasteiger partial charge in [0.2, 0.25) is 5.95 Å². The van der Waals surface area contributed by atoms with Crippen LogP contribution in [0, 0.1) is 0 Å². The third-order valence-electron chi connectivity index (χ3n) is 3.76. The van der Waals surface area contributed by atoms with Crippen molar-refractivity contribution in [2.45, 2.75) is 0 Å². The molecule has 0 aliphatic rings. The van der Waals surface area contributed by atoms with E-state index in [9.17, 15) is 0 Å². The summed E-state index contributed by atoms with van der Waals surface area (Å²) in [7, 11) is 1.90. The van der Waals surface area contributed by atoms with Gasteiger partial charge in [-0.1, -0.05) is 41.9 Å². The van der Waals surface area contributed by atoms with Crippen molar-refractivity contribution in [3.8, 4) is 11.1 Å². The van der Waals surface area contributed by atoms with Crippen molar-refractivity contribution in [3.05, 3.63) is 59.9 Å². The van der Waals surface area contributed by atoms with Crippen LogP contribution in [0.25, 0.3) is 22.0 Å². The summed E-state index contributed by atoms with van der Waals surface area (Å²) < 4.78 is 1.81. The third-order valence-corrected chi connectivity index (χ3v) is 4.07. The molecule has 0 bridgehead atoms. The van der Waals surface area contributed by atoms with Crippen LogP contribution in [0.2, 0.25) is 5.02 Å². The van der Waals surface area contributed by atoms with Gasteiger partial charge in [0.1, 0.15) is 0 Å². The van der Waals surface area contributed by atoms with E-state index in [1.54, 1.807) is 17.1 Å². The Kier molecular flexibility index (Phi) is 3.28. The Morgan fingerprint density at radius 1 is 1.17 bits per heavy atom. The van der Waals surface area contributed by atoms with Gasteiger partial charge < -0.3 is 10.3 Å². The summed E-state index contributed by atoms with van der Waals surface area (Å²) >= 11 is 6.48. The maximum Gasteiger partial charge on any atom is 0.205 e. The molecule has 0 spiro atoms. The molecule has 6 heteroatoms. The molecule has 0 saturated carbocycles. The normalized spacial score (nSPS) is 11.0. The predicted molar refractivity (Wildman–Crippen MR) is 93.0 cm³/mol. The monoisotopic (exact) mass is 323 g/mol. The van der Waals surface area contributed by atoms with Crippen molar-refractivity contribution < 1.29 is 0 Å². The summed E-state index contributed by atoms with van der Waals surface area (Å²) in [5.74, 6) is 1.40. The van der Waals surface area contributed by atoms with E-state index in [0.29, 0.717) is 11.0 Å². The van der Waals surface area contributed by atoms with E-state index in [2.05, 4.69) is 26.4 Å².